The number of nitrogens with two attached hydrogens (primary N) is 1. The average molecular weight is 247 g/mol. The van der Waals surface area contributed by atoms with Gasteiger partial charge in [0.1, 0.15) is 0 Å². The van der Waals surface area contributed by atoms with Gasteiger partial charge in [-0.3, -0.25) is 0 Å². The lowest BCUT2D eigenvalue weighted by Crippen LogP contribution is -2.22. The van der Waals surface area contributed by atoms with E-state index in [1.165, 1.54) is 0 Å². The minimum absolute atomic E-state index is 0.351. The van der Waals surface area contributed by atoms with Gasteiger partial charge < -0.3 is 20.5 Å². The molecule has 0 spiro atoms. The lowest BCUT2D eigenvalue weighted by atomic mass is 10.3. The van der Waals surface area contributed by atoms with Gasteiger partial charge in [0.05, 0.1) is 19.8 Å². The largest absolute Gasteiger partial charge is 0.490 e. The van der Waals surface area contributed by atoms with E-state index in [0.717, 1.165) is 23.6 Å². The monoisotopic (exact) mass is 247 g/mol. The van der Waals surface area contributed by atoms with Gasteiger partial charge in [0.15, 0.2) is 17.5 Å². The molecule has 0 unspecified atom stereocenters. The van der Waals surface area contributed by atoms with Crippen LogP contribution in [0.3, 0.4) is 0 Å². The van der Waals surface area contributed by atoms with Crippen LogP contribution in [0.15, 0.2) is 35.8 Å². The first-order valence-electron chi connectivity index (χ1n) is 5.87. The number of benzene rings is 1. The molecular formula is C13H17N3O2. The highest BCUT2D eigenvalue weighted by Crippen LogP contribution is 2.32. The number of nitrogens with one attached hydrogen (secondary N) is 1. The van der Waals surface area contributed by atoms with Crippen molar-refractivity contribution < 1.29 is 9.47 Å². The molecule has 0 fully saturated rings. The van der Waals surface area contributed by atoms with Crippen molar-refractivity contribution in [1.82, 2.24) is 0 Å². The maximum atomic E-state index is 5.72. The van der Waals surface area contributed by atoms with Crippen LogP contribution in [0.4, 0.5) is 5.69 Å². The number of rotatable bonds is 3. The fourth-order valence-electron chi connectivity index (χ4n) is 1.59. The topological polar surface area (TPSA) is 68.9 Å². The highest BCUT2D eigenvalue weighted by Gasteiger charge is 2.10. The van der Waals surface area contributed by atoms with E-state index in [2.05, 4.69) is 16.9 Å². The molecule has 0 saturated carbocycles. The maximum Gasteiger partial charge on any atom is 0.193 e. The molecule has 96 valence electrons. The third kappa shape index (κ3) is 3.16. The van der Waals surface area contributed by atoms with Crippen LogP contribution < -0.4 is 20.5 Å². The summed E-state index contributed by atoms with van der Waals surface area (Å²) in [5.74, 6) is 1.85. The molecule has 5 heteroatoms. The Kier molecular flexibility index (Phi) is 4.06. The number of anilines is 1. The molecule has 0 saturated heterocycles. The zero-order chi connectivity index (χ0) is 12.8. The number of aliphatic imine (C=N–C) groups is 1. The predicted octanol–water partition coefficient (Wildman–Crippen LogP) is 1.76. The number of hydrogen-bond acceptors (Lipinski definition) is 3. The molecule has 1 heterocycles. The fourth-order valence-corrected chi connectivity index (χ4v) is 1.59. The molecule has 0 aliphatic carbocycles. The zero-order valence-electron chi connectivity index (χ0n) is 10.2. The Morgan fingerprint density at radius 1 is 1.39 bits per heavy atom. The highest BCUT2D eigenvalue weighted by molar-refractivity contribution is 5.92. The Balaban J connectivity index is 2.10. The molecule has 0 radical (unpaired) electrons. The summed E-state index contributed by atoms with van der Waals surface area (Å²) in [4.78, 5) is 4.06. The Hall–Kier alpha value is -2.17. The minimum Gasteiger partial charge on any atom is -0.490 e. The molecule has 1 aromatic rings. The molecule has 0 atom stereocenters. The van der Waals surface area contributed by atoms with Crippen molar-refractivity contribution in [2.75, 3.05) is 25.1 Å². The first-order valence-corrected chi connectivity index (χ1v) is 5.87. The second-order valence-electron chi connectivity index (χ2n) is 3.85. The lowest BCUT2D eigenvalue weighted by Gasteiger charge is -2.10. The van der Waals surface area contributed by atoms with E-state index >= 15 is 0 Å². The summed E-state index contributed by atoms with van der Waals surface area (Å²) < 4.78 is 11.1. The summed E-state index contributed by atoms with van der Waals surface area (Å²) in [6.45, 7) is 5.42. The molecule has 2 rings (SSSR count). The van der Waals surface area contributed by atoms with Crippen molar-refractivity contribution in [1.29, 1.82) is 0 Å². The second kappa shape index (κ2) is 5.95. The summed E-state index contributed by atoms with van der Waals surface area (Å²) in [5, 5.41) is 2.99. The van der Waals surface area contributed by atoms with Crippen molar-refractivity contribution in [3.63, 3.8) is 0 Å². The first kappa shape index (κ1) is 12.3. The van der Waals surface area contributed by atoms with Gasteiger partial charge in [-0.2, -0.15) is 0 Å². The molecule has 18 heavy (non-hydrogen) atoms. The van der Waals surface area contributed by atoms with Crippen LogP contribution in [-0.2, 0) is 0 Å². The van der Waals surface area contributed by atoms with E-state index in [4.69, 9.17) is 15.2 Å². The second-order valence-corrected chi connectivity index (χ2v) is 3.85. The quantitative estimate of drug-likeness (QED) is 0.485. The molecule has 0 bridgehead atoms. The van der Waals surface area contributed by atoms with Crippen LogP contribution in [0.25, 0.3) is 0 Å². The van der Waals surface area contributed by atoms with Crippen LogP contribution in [0.5, 0.6) is 11.5 Å². The van der Waals surface area contributed by atoms with Crippen LogP contribution in [0, 0.1) is 0 Å². The molecule has 5 nitrogen and oxygen atoms in total. The van der Waals surface area contributed by atoms with Crippen molar-refractivity contribution in [3.05, 3.63) is 30.9 Å². The molecular weight excluding hydrogens is 230 g/mol. The van der Waals surface area contributed by atoms with Crippen molar-refractivity contribution >= 4 is 11.6 Å². The van der Waals surface area contributed by atoms with Crippen LogP contribution in [-0.4, -0.2) is 25.7 Å². The van der Waals surface area contributed by atoms with Gasteiger partial charge in [-0.15, -0.1) is 6.58 Å². The third-order valence-electron chi connectivity index (χ3n) is 2.41. The van der Waals surface area contributed by atoms with E-state index < -0.39 is 0 Å². The summed E-state index contributed by atoms with van der Waals surface area (Å²) in [6, 6.07) is 5.60. The Morgan fingerprint density at radius 2 is 2.17 bits per heavy atom. The Bertz CT molecular complexity index is 458. The molecule has 0 aromatic heterocycles. The molecule has 1 aliphatic heterocycles. The smallest absolute Gasteiger partial charge is 0.193 e. The van der Waals surface area contributed by atoms with Crippen LogP contribution >= 0.6 is 0 Å². The summed E-state index contributed by atoms with van der Waals surface area (Å²) in [6.07, 6.45) is 2.57. The summed E-state index contributed by atoms with van der Waals surface area (Å²) >= 11 is 0. The van der Waals surface area contributed by atoms with Crippen molar-refractivity contribution in [2.24, 2.45) is 10.7 Å². The zero-order valence-corrected chi connectivity index (χ0v) is 10.2. The van der Waals surface area contributed by atoms with E-state index in [-0.39, 0.29) is 0 Å². The number of guanidine groups is 1. The number of hydrogen-bond donors (Lipinski definition) is 2. The van der Waals surface area contributed by atoms with Crippen molar-refractivity contribution in [2.45, 2.75) is 6.42 Å². The van der Waals surface area contributed by atoms with Crippen molar-refractivity contribution in [3.8, 4) is 11.5 Å². The predicted molar refractivity (Wildman–Crippen MR) is 72.4 cm³/mol. The van der Waals surface area contributed by atoms with Gasteiger partial charge >= 0.3 is 0 Å². The molecule has 1 aliphatic rings. The van der Waals surface area contributed by atoms with Gasteiger partial charge in [-0.25, -0.2) is 4.99 Å². The van der Waals surface area contributed by atoms with Crippen LogP contribution in [0.2, 0.25) is 0 Å². The number of fused-ring (bicyclic) bond motifs is 1. The van der Waals surface area contributed by atoms with E-state index in [0.29, 0.717) is 25.7 Å². The van der Waals surface area contributed by atoms with Gasteiger partial charge in [-0.05, 0) is 12.1 Å². The average Bonchev–Trinajstić information content (AvgIpc) is 2.61. The molecule has 1 aromatic carbocycles. The summed E-state index contributed by atoms with van der Waals surface area (Å²) in [5.41, 5.74) is 6.54. The number of nitrogens with zero attached hydrogens (tertiary/aromatic N) is 1. The number of ether oxygens (including phenoxy) is 2. The molecule has 3 N–H and O–H groups in total. The van der Waals surface area contributed by atoms with E-state index in [1.807, 2.05) is 18.2 Å². The molecule has 0 amide bonds. The fraction of sp³-hybridized carbons (Fsp3) is 0.308. The SMILES string of the molecule is C=CCN=C(N)Nc1ccc2c(c1)OCCCO2. The Morgan fingerprint density at radius 3 is 2.94 bits per heavy atom. The van der Waals surface area contributed by atoms with Gasteiger partial charge in [0.25, 0.3) is 0 Å². The normalized spacial score (nSPS) is 14.8. The van der Waals surface area contributed by atoms with Gasteiger partial charge in [0, 0.05) is 18.2 Å². The minimum atomic E-state index is 0.351. The van der Waals surface area contributed by atoms with Gasteiger partial charge in [0.2, 0.25) is 0 Å². The maximum absolute atomic E-state index is 5.72. The first-order chi connectivity index (χ1) is 8.79. The standard InChI is InChI=1S/C13H17N3O2/c1-2-6-15-13(14)16-10-4-5-11-12(9-10)18-8-3-7-17-11/h2,4-5,9H,1,3,6-8H2,(H3,14,15,16). The third-order valence-corrected chi connectivity index (χ3v) is 2.41. The van der Waals surface area contributed by atoms with E-state index in [1.54, 1.807) is 6.08 Å². The lowest BCUT2D eigenvalue weighted by molar-refractivity contribution is 0.297. The van der Waals surface area contributed by atoms with Crippen LogP contribution in [0.1, 0.15) is 6.42 Å². The highest BCUT2D eigenvalue weighted by atomic mass is 16.5. The Labute approximate surface area is 106 Å². The van der Waals surface area contributed by atoms with E-state index in [9.17, 15) is 0 Å². The van der Waals surface area contributed by atoms with Gasteiger partial charge in [-0.1, -0.05) is 6.08 Å². The summed E-state index contributed by atoms with van der Waals surface area (Å²) in [7, 11) is 0.